The molecule has 1 aromatic rings. The van der Waals surface area contributed by atoms with Gasteiger partial charge in [-0.2, -0.15) is 5.10 Å². The number of hydrogen-bond donors (Lipinski definition) is 1. The number of terminal acetylenes is 1. The first-order chi connectivity index (χ1) is 5.66. The summed E-state index contributed by atoms with van der Waals surface area (Å²) >= 11 is 0. The van der Waals surface area contributed by atoms with Crippen LogP contribution in [-0.4, -0.2) is 14.9 Å². The van der Waals surface area contributed by atoms with Crippen molar-refractivity contribution in [3.63, 3.8) is 0 Å². The van der Waals surface area contributed by atoms with Crippen molar-refractivity contribution in [3.05, 3.63) is 18.0 Å². The Kier molecular flexibility index (Phi) is 2.51. The van der Waals surface area contributed by atoms with Crippen LogP contribution in [0.2, 0.25) is 0 Å². The van der Waals surface area contributed by atoms with Crippen LogP contribution in [0, 0.1) is 12.3 Å². The van der Waals surface area contributed by atoms with Gasteiger partial charge in [0.2, 0.25) is 0 Å². The fraction of sp³-hybridized carbons (Fsp3) is 0.444. The van der Waals surface area contributed by atoms with Crippen molar-refractivity contribution in [2.75, 3.05) is 0 Å². The van der Waals surface area contributed by atoms with Crippen LogP contribution in [0.1, 0.15) is 31.7 Å². The summed E-state index contributed by atoms with van der Waals surface area (Å²) in [6.07, 6.45) is 5.87. The molecular weight excluding hydrogens is 152 g/mol. The summed E-state index contributed by atoms with van der Waals surface area (Å²) in [5, 5.41) is 13.4. The molecule has 1 aromatic heterocycles. The van der Waals surface area contributed by atoms with E-state index in [1.807, 2.05) is 13.8 Å². The zero-order valence-corrected chi connectivity index (χ0v) is 7.23. The Hall–Kier alpha value is -1.27. The third kappa shape index (κ3) is 1.49. The molecule has 1 atom stereocenters. The van der Waals surface area contributed by atoms with E-state index in [1.165, 1.54) is 0 Å². The van der Waals surface area contributed by atoms with Gasteiger partial charge in [-0.1, -0.05) is 5.92 Å². The van der Waals surface area contributed by atoms with Crippen molar-refractivity contribution >= 4 is 0 Å². The Balaban J connectivity index is 3.01. The van der Waals surface area contributed by atoms with Crippen molar-refractivity contribution in [2.24, 2.45) is 0 Å². The van der Waals surface area contributed by atoms with Crippen molar-refractivity contribution in [1.29, 1.82) is 0 Å². The summed E-state index contributed by atoms with van der Waals surface area (Å²) in [6.45, 7) is 3.97. The molecule has 0 saturated carbocycles. The second-order valence-corrected chi connectivity index (χ2v) is 2.86. The predicted molar refractivity (Wildman–Crippen MR) is 46.4 cm³/mol. The van der Waals surface area contributed by atoms with Crippen molar-refractivity contribution in [3.8, 4) is 12.3 Å². The molecule has 1 rings (SSSR count). The summed E-state index contributed by atoms with van der Waals surface area (Å²) in [7, 11) is 0. The van der Waals surface area contributed by atoms with Gasteiger partial charge in [0.1, 0.15) is 0 Å². The van der Waals surface area contributed by atoms with E-state index in [-0.39, 0.29) is 6.04 Å². The second kappa shape index (κ2) is 3.42. The summed E-state index contributed by atoms with van der Waals surface area (Å²) in [4.78, 5) is 0. The zero-order valence-electron chi connectivity index (χ0n) is 7.23. The van der Waals surface area contributed by atoms with Crippen LogP contribution in [0.3, 0.4) is 0 Å². The van der Waals surface area contributed by atoms with E-state index in [0.717, 1.165) is 0 Å². The third-order valence-corrected chi connectivity index (χ3v) is 1.63. The molecule has 0 bridgehead atoms. The van der Waals surface area contributed by atoms with Gasteiger partial charge in [0, 0.05) is 12.2 Å². The minimum Gasteiger partial charge on any atom is -0.374 e. The fourth-order valence-electron chi connectivity index (χ4n) is 1.06. The molecule has 3 nitrogen and oxygen atoms in total. The van der Waals surface area contributed by atoms with Gasteiger partial charge in [0.05, 0.1) is 5.69 Å². The minimum absolute atomic E-state index is 0.220. The number of nitrogens with zero attached hydrogens (tertiary/aromatic N) is 2. The number of rotatable bonds is 2. The Morgan fingerprint density at radius 2 is 2.33 bits per heavy atom. The van der Waals surface area contributed by atoms with Gasteiger partial charge in [-0.05, 0) is 19.9 Å². The maximum absolute atomic E-state index is 9.35. The minimum atomic E-state index is -0.852. The Morgan fingerprint density at radius 3 is 2.83 bits per heavy atom. The van der Waals surface area contributed by atoms with E-state index in [1.54, 1.807) is 16.9 Å². The molecule has 1 N–H and O–H groups in total. The van der Waals surface area contributed by atoms with Crippen LogP contribution in [0.25, 0.3) is 0 Å². The first-order valence-electron chi connectivity index (χ1n) is 3.84. The van der Waals surface area contributed by atoms with E-state index < -0.39 is 6.10 Å². The molecule has 0 aliphatic carbocycles. The first-order valence-corrected chi connectivity index (χ1v) is 3.84. The summed E-state index contributed by atoms with van der Waals surface area (Å²) < 4.78 is 1.71. The Labute approximate surface area is 72.0 Å². The molecule has 1 unspecified atom stereocenters. The van der Waals surface area contributed by atoms with Gasteiger partial charge in [0.15, 0.2) is 6.10 Å². The maximum Gasteiger partial charge on any atom is 0.156 e. The molecule has 0 spiro atoms. The molecule has 0 amide bonds. The van der Waals surface area contributed by atoms with Crippen LogP contribution in [0.5, 0.6) is 0 Å². The molecule has 12 heavy (non-hydrogen) atoms. The van der Waals surface area contributed by atoms with Crippen LogP contribution in [0.15, 0.2) is 12.3 Å². The quantitative estimate of drug-likeness (QED) is 0.665. The van der Waals surface area contributed by atoms with Gasteiger partial charge in [-0.25, -0.2) is 0 Å². The van der Waals surface area contributed by atoms with E-state index >= 15 is 0 Å². The Bertz CT molecular complexity index is 296. The largest absolute Gasteiger partial charge is 0.374 e. The lowest BCUT2D eigenvalue weighted by atomic mass is 10.2. The number of aliphatic hydroxyl groups excluding tert-OH is 1. The molecule has 0 saturated heterocycles. The van der Waals surface area contributed by atoms with E-state index in [4.69, 9.17) is 6.42 Å². The van der Waals surface area contributed by atoms with Crippen molar-refractivity contribution in [1.82, 2.24) is 9.78 Å². The molecule has 0 aliphatic heterocycles. The lowest BCUT2D eigenvalue weighted by molar-refractivity contribution is 0.222. The van der Waals surface area contributed by atoms with Gasteiger partial charge in [-0.3, -0.25) is 4.68 Å². The maximum atomic E-state index is 9.35. The SMILES string of the molecule is C#CC(O)c1ccnn1C(C)C. The lowest BCUT2D eigenvalue weighted by Gasteiger charge is -2.11. The molecule has 0 aromatic carbocycles. The number of aliphatic hydroxyl groups is 1. The third-order valence-electron chi connectivity index (χ3n) is 1.63. The predicted octanol–water partition coefficient (Wildman–Crippen LogP) is 1.13. The molecular formula is C9H12N2O. The van der Waals surface area contributed by atoms with E-state index in [2.05, 4.69) is 11.0 Å². The standard InChI is InChI=1S/C9H12N2O/c1-4-9(12)8-5-6-10-11(8)7(2)3/h1,5-7,9,12H,2-3H3. The van der Waals surface area contributed by atoms with E-state index in [0.29, 0.717) is 5.69 Å². The van der Waals surface area contributed by atoms with Crippen molar-refractivity contribution < 1.29 is 5.11 Å². The van der Waals surface area contributed by atoms with Gasteiger partial charge in [-0.15, -0.1) is 6.42 Å². The number of aromatic nitrogens is 2. The monoisotopic (exact) mass is 164 g/mol. The van der Waals surface area contributed by atoms with Crippen LogP contribution >= 0.6 is 0 Å². The van der Waals surface area contributed by atoms with Crippen LogP contribution in [0.4, 0.5) is 0 Å². The average molecular weight is 164 g/mol. The molecule has 0 aliphatic rings. The topological polar surface area (TPSA) is 38.1 Å². The lowest BCUT2D eigenvalue weighted by Crippen LogP contribution is -2.10. The second-order valence-electron chi connectivity index (χ2n) is 2.86. The summed E-state index contributed by atoms with van der Waals surface area (Å²) in [5.41, 5.74) is 0.674. The summed E-state index contributed by atoms with van der Waals surface area (Å²) in [5.74, 6) is 2.26. The van der Waals surface area contributed by atoms with Gasteiger partial charge >= 0.3 is 0 Å². The molecule has 3 heteroatoms. The smallest absolute Gasteiger partial charge is 0.156 e. The molecule has 0 fully saturated rings. The highest BCUT2D eigenvalue weighted by Gasteiger charge is 2.11. The highest BCUT2D eigenvalue weighted by atomic mass is 16.3. The highest BCUT2D eigenvalue weighted by molar-refractivity contribution is 5.14. The normalized spacial score (nSPS) is 12.9. The zero-order chi connectivity index (χ0) is 9.14. The van der Waals surface area contributed by atoms with E-state index in [9.17, 15) is 5.11 Å². The Morgan fingerprint density at radius 1 is 1.67 bits per heavy atom. The number of hydrogen-bond acceptors (Lipinski definition) is 2. The average Bonchev–Trinajstić information content (AvgIpc) is 2.50. The first kappa shape index (κ1) is 8.82. The fourth-order valence-corrected chi connectivity index (χ4v) is 1.06. The highest BCUT2D eigenvalue weighted by Crippen LogP contribution is 2.14. The summed E-state index contributed by atoms with van der Waals surface area (Å²) in [6, 6.07) is 1.95. The van der Waals surface area contributed by atoms with Crippen LogP contribution in [-0.2, 0) is 0 Å². The molecule has 64 valence electrons. The van der Waals surface area contributed by atoms with Gasteiger partial charge in [0.25, 0.3) is 0 Å². The van der Waals surface area contributed by atoms with Crippen molar-refractivity contribution in [2.45, 2.75) is 26.0 Å². The molecule has 0 radical (unpaired) electrons. The van der Waals surface area contributed by atoms with Crippen LogP contribution < -0.4 is 0 Å². The van der Waals surface area contributed by atoms with Gasteiger partial charge < -0.3 is 5.11 Å². The molecule has 1 heterocycles.